The molecule has 1 amide bonds. The third kappa shape index (κ3) is 2.23. The number of hydrogen-bond donors (Lipinski definition) is 1. The molecule has 2 aliphatic heterocycles. The van der Waals surface area contributed by atoms with E-state index in [0.29, 0.717) is 40.5 Å². The molecule has 1 aromatic carbocycles. The maximum atomic E-state index is 12.4. The van der Waals surface area contributed by atoms with E-state index in [9.17, 15) is 19.5 Å². The molecule has 2 heterocycles. The molecule has 1 saturated heterocycles. The molecular weight excluding hydrogens is 330 g/mol. The summed E-state index contributed by atoms with van der Waals surface area (Å²) in [6.45, 7) is 0.765. The summed E-state index contributed by atoms with van der Waals surface area (Å²) in [5.74, 6) is -0.142. The number of fused-ring (bicyclic) bond motifs is 2. The smallest absolute Gasteiger partial charge is 0.407 e. The number of likely N-dealkylation sites (tertiary alicyclic amines) is 1. The van der Waals surface area contributed by atoms with Crippen molar-refractivity contribution < 1.29 is 24.2 Å². The van der Waals surface area contributed by atoms with Gasteiger partial charge in [0.05, 0.1) is 6.54 Å². The van der Waals surface area contributed by atoms with E-state index in [4.69, 9.17) is 4.74 Å². The van der Waals surface area contributed by atoms with Crippen molar-refractivity contribution in [3.63, 3.8) is 0 Å². The predicted octanol–water partition coefficient (Wildman–Crippen LogP) is 2.40. The van der Waals surface area contributed by atoms with Crippen LogP contribution in [0.15, 0.2) is 29.2 Å². The summed E-state index contributed by atoms with van der Waals surface area (Å²) in [6, 6.07) is 6.91. The molecule has 0 radical (unpaired) electrons. The van der Waals surface area contributed by atoms with Crippen LogP contribution < -0.4 is 0 Å². The second kappa shape index (κ2) is 5.37. The maximum Gasteiger partial charge on any atom is 0.407 e. The number of benzene rings is 1. The minimum absolute atomic E-state index is 0.274. The lowest BCUT2D eigenvalue weighted by Gasteiger charge is -2.45. The van der Waals surface area contributed by atoms with Gasteiger partial charge in [0.1, 0.15) is 16.3 Å². The van der Waals surface area contributed by atoms with Gasteiger partial charge in [-0.1, -0.05) is 24.3 Å². The highest BCUT2D eigenvalue weighted by atomic mass is 32.2. The Bertz CT molecular complexity index is 802. The Labute approximate surface area is 142 Å². The quantitative estimate of drug-likeness (QED) is 0.727. The topological polar surface area (TPSA) is 83.9 Å². The average molecular weight is 345 g/mol. The standard InChI is InChI=1S/C17H15NO5S/c19-12-10-4-1-2-5-11(10)14-15(13(12)20)24-9-17(23-14)6-3-7-18(8-17)16(21)22/h1-2,4-5H,3,6-9H2,(H,21,22). The highest BCUT2D eigenvalue weighted by Crippen LogP contribution is 2.46. The number of ether oxygens (including phenoxy) is 1. The van der Waals surface area contributed by atoms with Crippen molar-refractivity contribution in [1.82, 2.24) is 4.90 Å². The van der Waals surface area contributed by atoms with Crippen molar-refractivity contribution in [3.8, 4) is 0 Å². The van der Waals surface area contributed by atoms with Crippen LogP contribution in [-0.4, -0.2) is 52.1 Å². The minimum Gasteiger partial charge on any atom is -0.483 e. The van der Waals surface area contributed by atoms with Crippen LogP contribution in [0, 0.1) is 0 Å². The first-order valence-electron chi connectivity index (χ1n) is 7.73. The summed E-state index contributed by atoms with van der Waals surface area (Å²) in [7, 11) is 0. The van der Waals surface area contributed by atoms with Crippen molar-refractivity contribution in [2.45, 2.75) is 18.4 Å². The Morgan fingerprint density at radius 3 is 2.71 bits per heavy atom. The molecule has 1 N–H and O–H groups in total. The molecule has 6 nitrogen and oxygen atoms in total. The number of carbonyl (C=O) groups is 3. The van der Waals surface area contributed by atoms with Crippen LogP contribution in [0.5, 0.6) is 0 Å². The fraction of sp³-hybridized carbons (Fsp3) is 0.353. The minimum atomic E-state index is -0.960. The van der Waals surface area contributed by atoms with E-state index in [0.717, 1.165) is 6.42 Å². The number of hydrogen-bond acceptors (Lipinski definition) is 5. The number of rotatable bonds is 0. The molecular formula is C17H15NO5S. The summed E-state index contributed by atoms with van der Waals surface area (Å²) < 4.78 is 6.23. The van der Waals surface area contributed by atoms with Crippen LogP contribution in [0.25, 0.3) is 5.76 Å². The monoisotopic (exact) mass is 345 g/mol. The number of nitrogens with zero attached hydrogens (tertiary/aromatic N) is 1. The van der Waals surface area contributed by atoms with Gasteiger partial charge >= 0.3 is 6.09 Å². The molecule has 0 bridgehead atoms. The largest absolute Gasteiger partial charge is 0.483 e. The fourth-order valence-electron chi connectivity index (χ4n) is 3.47. The zero-order chi connectivity index (χ0) is 16.9. The maximum absolute atomic E-state index is 12.4. The number of ketones is 2. The van der Waals surface area contributed by atoms with E-state index < -0.39 is 23.3 Å². The number of carboxylic acid groups (broad SMARTS) is 1. The Balaban J connectivity index is 1.74. The summed E-state index contributed by atoms with van der Waals surface area (Å²) >= 11 is 1.31. The molecule has 1 fully saturated rings. The lowest BCUT2D eigenvalue weighted by Crippen LogP contribution is -2.54. The molecule has 1 unspecified atom stereocenters. The van der Waals surface area contributed by atoms with Crippen LogP contribution >= 0.6 is 11.8 Å². The van der Waals surface area contributed by atoms with Crippen molar-refractivity contribution in [1.29, 1.82) is 0 Å². The third-order valence-corrected chi connectivity index (χ3v) is 5.97. The lowest BCUT2D eigenvalue weighted by atomic mass is 9.91. The highest BCUT2D eigenvalue weighted by molar-refractivity contribution is 8.04. The first kappa shape index (κ1) is 15.3. The van der Waals surface area contributed by atoms with Gasteiger partial charge in [-0.3, -0.25) is 9.59 Å². The van der Waals surface area contributed by atoms with E-state index in [-0.39, 0.29) is 6.54 Å². The predicted molar refractivity (Wildman–Crippen MR) is 87.8 cm³/mol. The van der Waals surface area contributed by atoms with Crippen LogP contribution in [-0.2, 0) is 9.53 Å². The van der Waals surface area contributed by atoms with Gasteiger partial charge in [-0.2, -0.15) is 0 Å². The Kier molecular flexibility index (Phi) is 3.42. The summed E-state index contributed by atoms with van der Waals surface area (Å²) in [4.78, 5) is 37.6. The van der Waals surface area contributed by atoms with Gasteiger partial charge in [-0.05, 0) is 12.8 Å². The number of allylic oxidation sites excluding steroid dienone is 1. The molecule has 0 aromatic heterocycles. The van der Waals surface area contributed by atoms with Gasteiger partial charge in [0, 0.05) is 23.4 Å². The average Bonchev–Trinajstić information content (AvgIpc) is 2.60. The number of thioether (sulfide) groups is 1. The number of carbonyl (C=O) groups excluding carboxylic acids is 2. The molecule has 124 valence electrons. The number of Topliss-reactive ketones (excluding diaryl/α,β-unsaturated/α-hetero) is 2. The first-order valence-corrected chi connectivity index (χ1v) is 8.72. The van der Waals surface area contributed by atoms with E-state index in [1.54, 1.807) is 24.3 Å². The van der Waals surface area contributed by atoms with Gasteiger partial charge in [0.25, 0.3) is 0 Å². The van der Waals surface area contributed by atoms with E-state index in [2.05, 4.69) is 0 Å². The second-order valence-corrected chi connectivity index (χ2v) is 7.23. The SMILES string of the molecule is O=C1C(=O)c2ccccc2C2=C1SCC1(CCCN(C(=O)O)C1)O2. The molecule has 7 heteroatoms. The molecule has 1 atom stereocenters. The second-order valence-electron chi connectivity index (χ2n) is 6.24. The number of amides is 1. The van der Waals surface area contributed by atoms with E-state index in [1.165, 1.54) is 16.7 Å². The summed E-state index contributed by atoms with van der Waals surface area (Å²) in [5.41, 5.74) is 0.328. The molecule has 4 rings (SSSR count). The zero-order valence-corrected chi connectivity index (χ0v) is 13.6. The highest BCUT2D eigenvalue weighted by Gasteiger charge is 2.47. The Hall–Kier alpha value is -2.28. The van der Waals surface area contributed by atoms with Crippen LogP contribution in [0.3, 0.4) is 0 Å². The lowest BCUT2D eigenvalue weighted by molar-refractivity contribution is -0.111. The molecule has 1 aromatic rings. The molecule has 1 spiro atoms. The van der Waals surface area contributed by atoms with Gasteiger partial charge in [0.15, 0.2) is 0 Å². The molecule has 0 saturated carbocycles. The van der Waals surface area contributed by atoms with Gasteiger partial charge in [-0.25, -0.2) is 4.79 Å². The van der Waals surface area contributed by atoms with E-state index >= 15 is 0 Å². The Morgan fingerprint density at radius 1 is 1.21 bits per heavy atom. The first-order chi connectivity index (χ1) is 11.5. The van der Waals surface area contributed by atoms with Crippen molar-refractivity contribution in [2.75, 3.05) is 18.8 Å². The Morgan fingerprint density at radius 2 is 1.96 bits per heavy atom. The summed E-state index contributed by atoms with van der Waals surface area (Å²) in [6.07, 6.45) is 0.479. The van der Waals surface area contributed by atoms with Crippen LogP contribution in [0.2, 0.25) is 0 Å². The van der Waals surface area contributed by atoms with Crippen LogP contribution in [0.1, 0.15) is 28.8 Å². The van der Waals surface area contributed by atoms with Gasteiger partial charge in [0.2, 0.25) is 11.6 Å². The normalized spacial score (nSPS) is 26.1. The van der Waals surface area contributed by atoms with Crippen molar-refractivity contribution >= 4 is 35.2 Å². The van der Waals surface area contributed by atoms with Crippen molar-refractivity contribution in [2.24, 2.45) is 0 Å². The van der Waals surface area contributed by atoms with Gasteiger partial charge < -0.3 is 14.7 Å². The molecule has 24 heavy (non-hydrogen) atoms. The van der Waals surface area contributed by atoms with Crippen LogP contribution in [0.4, 0.5) is 4.79 Å². The molecule has 3 aliphatic rings. The van der Waals surface area contributed by atoms with E-state index in [1.807, 2.05) is 0 Å². The third-order valence-electron chi connectivity index (χ3n) is 4.64. The zero-order valence-electron chi connectivity index (χ0n) is 12.8. The van der Waals surface area contributed by atoms with Gasteiger partial charge in [-0.15, -0.1) is 11.8 Å². The van der Waals surface area contributed by atoms with Crippen molar-refractivity contribution in [3.05, 3.63) is 40.3 Å². The summed E-state index contributed by atoms with van der Waals surface area (Å²) in [5, 5.41) is 9.27. The number of piperidine rings is 1. The molecule has 1 aliphatic carbocycles. The fourth-order valence-corrected chi connectivity index (χ4v) is 4.68.